The van der Waals surface area contributed by atoms with E-state index in [0.717, 1.165) is 23.4 Å². The summed E-state index contributed by atoms with van der Waals surface area (Å²) in [6, 6.07) is 11.1. The second-order valence-electron chi connectivity index (χ2n) is 4.88. The van der Waals surface area contributed by atoms with Crippen LogP contribution >= 0.6 is 0 Å². The Morgan fingerprint density at radius 3 is 2.86 bits per heavy atom. The second kappa shape index (κ2) is 5.44. The molecule has 5 nitrogen and oxygen atoms in total. The van der Waals surface area contributed by atoms with E-state index < -0.39 is 0 Å². The zero-order chi connectivity index (χ0) is 14.8. The predicted octanol–water partition coefficient (Wildman–Crippen LogP) is 3.14. The second-order valence-corrected chi connectivity index (χ2v) is 4.88. The molecule has 1 atom stereocenters. The third kappa shape index (κ3) is 2.42. The number of amides is 1. The first kappa shape index (κ1) is 13.4. The average molecular weight is 283 g/mol. The number of rotatable bonds is 4. The van der Waals surface area contributed by atoms with Crippen molar-refractivity contribution < 1.29 is 9.21 Å². The molecular weight excluding hydrogens is 266 g/mol. The topological polar surface area (TPSA) is 60.1 Å². The summed E-state index contributed by atoms with van der Waals surface area (Å²) in [7, 11) is 0. The maximum atomic E-state index is 12.1. The van der Waals surface area contributed by atoms with E-state index in [1.165, 1.54) is 6.26 Å². The van der Waals surface area contributed by atoms with Crippen molar-refractivity contribution in [1.29, 1.82) is 0 Å². The van der Waals surface area contributed by atoms with Gasteiger partial charge in [0.2, 0.25) is 0 Å². The Balaban J connectivity index is 1.91. The molecule has 2 heterocycles. The van der Waals surface area contributed by atoms with E-state index in [4.69, 9.17) is 4.42 Å². The van der Waals surface area contributed by atoms with E-state index in [0.29, 0.717) is 5.76 Å². The summed E-state index contributed by atoms with van der Waals surface area (Å²) < 4.78 is 7.22. The molecule has 1 N–H and O–H groups in total. The fourth-order valence-corrected chi connectivity index (χ4v) is 2.50. The summed E-state index contributed by atoms with van der Waals surface area (Å²) in [6.45, 7) is 4.80. The minimum atomic E-state index is -0.234. The van der Waals surface area contributed by atoms with Gasteiger partial charge in [-0.3, -0.25) is 4.79 Å². The lowest BCUT2D eigenvalue weighted by molar-refractivity contribution is 0.0909. The van der Waals surface area contributed by atoms with Crippen LogP contribution in [0.1, 0.15) is 36.3 Å². The van der Waals surface area contributed by atoms with Crippen molar-refractivity contribution in [2.24, 2.45) is 0 Å². The minimum Gasteiger partial charge on any atom is -0.459 e. The summed E-state index contributed by atoms with van der Waals surface area (Å²) in [4.78, 5) is 16.7. The number of imidazole rings is 1. The van der Waals surface area contributed by atoms with Gasteiger partial charge in [0.05, 0.1) is 23.3 Å². The van der Waals surface area contributed by atoms with Gasteiger partial charge in [0.25, 0.3) is 5.91 Å². The maximum absolute atomic E-state index is 12.1. The Kier molecular flexibility index (Phi) is 3.48. The molecule has 0 fully saturated rings. The first-order valence-corrected chi connectivity index (χ1v) is 7.00. The molecule has 3 rings (SSSR count). The molecule has 0 radical (unpaired) electrons. The van der Waals surface area contributed by atoms with Crippen molar-refractivity contribution in [3.05, 3.63) is 54.2 Å². The fraction of sp³-hybridized carbons (Fsp3) is 0.250. The van der Waals surface area contributed by atoms with Crippen LogP contribution in [-0.4, -0.2) is 15.5 Å². The van der Waals surface area contributed by atoms with Crippen LogP contribution in [-0.2, 0) is 6.54 Å². The summed E-state index contributed by atoms with van der Waals surface area (Å²) in [5.74, 6) is 0.918. The molecule has 0 aliphatic heterocycles. The Morgan fingerprint density at radius 2 is 2.14 bits per heavy atom. The number of aryl methyl sites for hydroxylation is 1. The first-order chi connectivity index (χ1) is 10.2. The van der Waals surface area contributed by atoms with Crippen molar-refractivity contribution in [2.45, 2.75) is 26.4 Å². The Labute approximate surface area is 122 Å². The third-order valence-electron chi connectivity index (χ3n) is 3.48. The van der Waals surface area contributed by atoms with Crippen molar-refractivity contribution in [3.63, 3.8) is 0 Å². The highest BCUT2D eigenvalue weighted by molar-refractivity contribution is 5.91. The smallest absolute Gasteiger partial charge is 0.287 e. The van der Waals surface area contributed by atoms with E-state index in [9.17, 15) is 4.79 Å². The van der Waals surface area contributed by atoms with Gasteiger partial charge in [-0.05, 0) is 38.1 Å². The molecular formula is C16H17N3O2. The zero-order valence-corrected chi connectivity index (χ0v) is 12.0. The molecule has 0 bridgehead atoms. The molecule has 5 heteroatoms. The highest BCUT2D eigenvalue weighted by Crippen LogP contribution is 2.21. The van der Waals surface area contributed by atoms with Gasteiger partial charge in [0.15, 0.2) is 5.76 Å². The minimum absolute atomic E-state index is 0.199. The number of furan rings is 1. The van der Waals surface area contributed by atoms with Crippen LogP contribution < -0.4 is 5.32 Å². The molecule has 1 aromatic carbocycles. The summed E-state index contributed by atoms with van der Waals surface area (Å²) in [6.07, 6.45) is 1.49. The van der Waals surface area contributed by atoms with E-state index in [1.54, 1.807) is 12.1 Å². The van der Waals surface area contributed by atoms with Gasteiger partial charge in [-0.25, -0.2) is 4.98 Å². The number of carbonyl (C=O) groups excluding carboxylic acids is 1. The number of fused-ring (bicyclic) bond motifs is 1. The highest BCUT2D eigenvalue weighted by Gasteiger charge is 2.19. The summed E-state index contributed by atoms with van der Waals surface area (Å²) in [5, 5.41) is 2.92. The number of nitrogens with one attached hydrogen (secondary N) is 1. The number of hydrogen-bond acceptors (Lipinski definition) is 3. The molecule has 0 saturated heterocycles. The van der Waals surface area contributed by atoms with E-state index >= 15 is 0 Å². The van der Waals surface area contributed by atoms with Gasteiger partial charge in [-0.2, -0.15) is 0 Å². The Hall–Kier alpha value is -2.56. The average Bonchev–Trinajstić information content (AvgIpc) is 3.14. The standard InChI is InChI=1S/C16H17N3O2/c1-3-19-13-8-5-4-7-12(13)18-15(19)11(2)17-16(20)14-9-6-10-21-14/h4-11H,3H2,1-2H3,(H,17,20)/t11-/m0/s1. The quantitative estimate of drug-likeness (QED) is 0.800. The van der Waals surface area contributed by atoms with E-state index in [-0.39, 0.29) is 11.9 Å². The number of aromatic nitrogens is 2. The van der Waals surface area contributed by atoms with Crippen LogP contribution in [0.3, 0.4) is 0 Å². The lowest BCUT2D eigenvalue weighted by Gasteiger charge is -2.14. The molecule has 108 valence electrons. The molecule has 0 spiro atoms. The molecule has 0 saturated carbocycles. The summed E-state index contributed by atoms with van der Waals surface area (Å²) >= 11 is 0. The number of para-hydroxylation sites is 2. The molecule has 21 heavy (non-hydrogen) atoms. The number of nitrogens with zero attached hydrogens (tertiary/aromatic N) is 2. The van der Waals surface area contributed by atoms with Crippen molar-refractivity contribution in [1.82, 2.24) is 14.9 Å². The van der Waals surface area contributed by atoms with Crippen LogP contribution in [0.2, 0.25) is 0 Å². The molecule has 2 aromatic heterocycles. The molecule has 1 amide bonds. The monoisotopic (exact) mass is 283 g/mol. The largest absolute Gasteiger partial charge is 0.459 e. The van der Waals surface area contributed by atoms with E-state index in [2.05, 4.69) is 21.8 Å². The van der Waals surface area contributed by atoms with Gasteiger partial charge < -0.3 is 14.3 Å². The van der Waals surface area contributed by atoms with Crippen LogP contribution in [0, 0.1) is 0 Å². The molecule has 3 aromatic rings. The lowest BCUT2D eigenvalue weighted by atomic mass is 10.3. The zero-order valence-electron chi connectivity index (χ0n) is 12.0. The third-order valence-corrected chi connectivity index (χ3v) is 3.48. The van der Waals surface area contributed by atoms with Crippen molar-refractivity contribution in [3.8, 4) is 0 Å². The van der Waals surface area contributed by atoms with Crippen molar-refractivity contribution >= 4 is 16.9 Å². The summed E-state index contributed by atoms with van der Waals surface area (Å²) in [5.41, 5.74) is 2.02. The van der Waals surface area contributed by atoms with Crippen LogP contribution in [0.15, 0.2) is 47.1 Å². The van der Waals surface area contributed by atoms with Crippen molar-refractivity contribution in [2.75, 3.05) is 0 Å². The van der Waals surface area contributed by atoms with Crippen LogP contribution in [0.5, 0.6) is 0 Å². The van der Waals surface area contributed by atoms with Gasteiger partial charge in [0.1, 0.15) is 5.82 Å². The highest BCUT2D eigenvalue weighted by atomic mass is 16.3. The van der Waals surface area contributed by atoms with Gasteiger partial charge in [0, 0.05) is 6.54 Å². The Morgan fingerprint density at radius 1 is 1.33 bits per heavy atom. The molecule has 0 unspecified atom stereocenters. The normalized spacial score (nSPS) is 12.5. The van der Waals surface area contributed by atoms with Gasteiger partial charge in [-0.1, -0.05) is 12.1 Å². The number of benzene rings is 1. The maximum Gasteiger partial charge on any atom is 0.287 e. The van der Waals surface area contributed by atoms with Crippen LogP contribution in [0.4, 0.5) is 0 Å². The number of hydrogen-bond donors (Lipinski definition) is 1. The Bertz CT molecular complexity index is 759. The molecule has 0 aliphatic carbocycles. The van der Waals surface area contributed by atoms with Gasteiger partial charge >= 0.3 is 0 Å². The molecule has 0 aliphatic rings. The first-order valence-electron chi connectivity index (χ1n) is 7.00. The fourth-order valence-electron chi connectivity index (χ4n) is 2.50. The van der Waals surface area contributed by atoms with E-state index in [1.807, 2.05) is 31.2 Å². The lowest BCUT2D eigenvalue weighted by Crippen LogP contribution is -2.28. The predicted molar refractivity (Wildman–Crippen MR) is 80.0 cm³/mol. The van der Waals surface area contributed by atoms with Crippen LogP contribution in [0.25, 0.3) is 11.0 Å². The van der Waals surface area contributed by atoms with Gasteiger partial charge in [-0.15, -0.1) is 0 Å². The number of carbonyl (C=O) groups is 1. The SMILES string of the molecule is CCn1c([C@H](C)NC(=O)c2ccco2)nc2ccccc21.